The predicted octanol–water partition coefficient (Wildman–Crippen LogP) is 2.74. The zero-order valence-electron chi connectivity index (χ0n) is 15.3. The van der Waals surface area contributed by atoms with E-state index < -0.39 is 0 Å². The Labute approximate surface area is 154 Å². The molecule has 0 saturated carbocycles. The first kappa shape index (κ1) is 18.1. The SMILES string of the molecule is CC(=O)N1CCC[C@H](NC(=O)c2ccncc2C)[C@@H]1Cc1ccccc1. The second-order valence-electron chi connectivity index (χ2n) is 6.88. The summed E-state index contributed by atoms with van der Waals surface area (Å²) in [4.78, 5) is 30.9. The average Bonchev–Trinajstić information content (AvgIpc) is 2.64. The monoisotopic (exact) mass is 351 g/mol. The Bertz CT molecular complexity index is 776. The van der Waals surface area contributed by atoms with Gasteiger partial charge in [-0.1, -0.05) is 30.3 Å². The van der Waals surface area contributed by atoms with Crippen molar-refractivity contribution >= 4 is 11.8 Å². The lowest BCUT2D eigenvalue weighted by atomic mass is 9.90. The first-order chi connectivity index (χ1) is 12.6. The lowest BCUT2D eigenvalue weighted by Gasteiger charge is -2.41. The number of carbonyl (C=O) groups is 2. The van der Waals surface area contributed by atoms with Crippen LogP contribution >= 0.6 is 0 Å². The Morgan fingerprint density at radius 3 is 2.69 bits per heavy atom. The quantitative estimate of drug-likeness (QED) is 0.921. The maximum absolute atomic E-state index is 12.8. The normalized spacial score (nSPS) is 19.8. The van der Waals surface area contributed by atoms with Gasteiger partial charge >= 0.3 is 0 Å². The van der Waals surface area contributed by atoms with Gasteiger partial charge in [-0.15, -0.1) is 0 Å². The van der Waals surface area contributed by atoms with Crippen molar-refractivity contribution in [3.05, 3.63) is 65.5 Å². The molecule has 0 radical (unpaired) electrons. The van der Waals surface area contributed by atoms with Gasteiger partial charge in [0, 0.05) is 37.5 Å². The fraction of sp³-hybridized carbons (Fsp3) is 0.381. The van der Waals surface area contributed by atoms with Crippen molar-refractivity contribution < 1.29 is 9.59 Å². The fourth-order valence-corrected chi connectivity index (χ4v) is 3.70. The van der Waals surface area contributed by atoms with Crippen LogP contribution in [0, 0.1) is 6.92 Å². The van der Waals surface area contributed by atoms with Crippen LogP contribution in [0.1, 0.15) is 41.3 Å². The number of likely N-dealkylation sites (tertiary alicyclic amines) is 1. The van der Waals surface area contributed by atoms with Gasteiger partial charge in [0.05, 0.1) is 6.04 Å². The van der Waals surface area contributed by atoms with Gasteiger partial charge in [-0.3, -0.25) is 14.6 Å². The summed E-state index contributed by atoms with van der Waals surface area (Å²) in [5.41, 5.74) is 2.66. The lowest BCUT2D eigenvalue weighted by Crippen LogP contribution is -2.57. The number of aryl methyl sites for hydroxylation is 1. The zero-order valence-corrected chi connectivity index (χ0v) is 15.3. The molecule has 1 saturated heterocycles. The summed E-state index contributed by atoms with van der Waals surface area (Å²) in [7, 11) is 0. The molecule has 1 aliphatic rings. The standard InChI is InChI=1S/C21H25N3O2/c1-15-14-22-11-10-18(15)21(26)23-19-9-6-12-24(16(2)25)20(19)13-17-7-4-3-5-8-17/h3-5,7-8,10-11,14,19-20H,6,9,12-13H2,1-2H3,(H,23,26)/t19-,20-/m0/s1. The first-order valence-electron chi connectivity index (χ1n) is 9.09. The number of aromatic nitrogens is 1. The third-order valence-corrected chi connectivity index (χ3v) is 5.05. The van der Waals surface area contributed by atoms with Crippen LogP contribution in [0.5, 0.6) is 0 Å². The molecular formula is C21H25N3O2. The van der Waals surface area contributed by atoms with E-state index in [9.17, 15) is 9.59 Å². The molecule has 3 rings (SSSR count). The van der Waals surface area contributed by atoms with Crippen LogP contribution in [0.15, 0.2) is 48.8 Å². The van der Waals surface area contributed by atoms with E-state index in [-0.39, 0.29) is 23.9 Å². The van der Waals surface area contributed by atoms with Crippen molar-refractivity contribution in [1.29, 1.82) is 0 Å². The first-order valence-corrected chi connectivity index (χ1v) is 9.09. The molecule has 1 aromatic heterocycles. The molecule has 2 heterocycles. The van der Waals surface area contributed by atoms with E-state index in [1.54, 1.807) is 25.4 Å². The van der Waals surface area contributed by atoms with E-state index in [1.165, 1.54) is 5.56 Å². The Kier molecular flexibility index (Phi) is 5.66. The molecule has 1 fully saturated rings. The van der Waals surface area contributed by atoms with E-state index in [4.69, 9.17) is 0 Å². The highest BCUT2D eigenvalue weighted by Gasteiger charge is 2.34. The van der Waals surface area contributed by atoms with Gasteiger partial charge < -0.3 is 10.2 Å². The number of carbonyl (C=O) groups excluding carboxylic acids is 2. The summed E-state index contributed by atoms with van der Waals surface area (Å²) < 4.78 is 0. The topological polar surface area (TPSA) is 62.3 Å². The largest absolute Gasteiger partial charge is 0.347 e. The second-order valence-corrected chi connectivity index (χ2v) is 6.88. The van der Waals surface area contributed by atoms with Gasteiger partial charge in [0.2, 0.25) is 5.91 Å². The molecule has 1 aliphatic heterocycles. The maximum Gasteiger partial charge on any atom is 0.251 e. The minimum absolute atomic E-state index is 0.0326. The van der Waals surface area contributed by atoms with E-state index in [0.29, 0.717) is 5.56 Å². The molecule has 26 heavy (non-hydrogen) atoms. The Hall–Kier alpha value is -2.69. The molecule has 0 bridgehead atoms. The van der Waals surface area contributed by atoms with Crippen molar-refractivity contribution in [2.24, 2.45) is 0 Å². The van der Waals surface area contributed by atoms with Gasteiger partial charge in [-0.05, 0) is 43.4 Å². The van der Waals surface area contributed by atoms with Crippen LogP contribution in [0.4, 0.5) is 0 Å². The summed E-state index contributed by atoms with van der Waals surface area (Å²) in [6, 6.07) is 11.8. The van der Waals surface area contributed by atoms with Gasteiger partial charge in [-0.25, -0.2) is 0 Å². The molecule has 5 heteroatoms. The fourth-order valence-electron chi connectivity index (χ4n) is 3.70. The molecule has 5 nitrogen and oxygen atoms in total. The number of hydrogen-bond acceptors (Lipinski definition) is 3. The number of piperidine rings is 1. The third-order valence-electron chi connectivity index (χ3n) is 5.05. The molecule has 2 atom stereocenters. The third kappa shape index (κ3) is 4.10. The summed E-state index contributed by atoms with van der Waals surface area (Å²) in [5, 5.41) is 3.17. The number of pyridine rings is 1. The van der Waals surface area contributed by atoms with Gasteiger partial charge in [0.15, 0.2) is 0 Å². The molecule has 2 amide bonds. The van der Waals surface area contributed by atoms with Crippen molar-refractivity contribution in [1.82, 2.24) is 15.2 Å². The van der Waals surface area contributed by atoms with Gasteiger partial charge in [-0.2, -0.15) is 0 Å². The highest BCUT2D eigenvalue weighted by atomic mass is 16.2. The van der Waals surface area contributed by atoms with Gasteiger partial charge in [0.1, 0.15) is 0 Å². The van der Waals surface area contributed by atoms with E-state index in [1.807, 2.05) is 30.0 Å². The van der Waals surface area contributed by atoms with Crippen molar-refractivity contribution in [3.8, 4) is 0 Å². The van der Waals surface area contributed by atoms with Crippen molar-refractivity contribution in [3.63, 3.8) is 0 Å². The van der Waals surface area contributed by atoms with E-state index in [0.717, 1.165) is 31.4 Å². The highest BCUT2D eigenvalue weighted by Crippen LogP contribution is 2.22. The molecule has 0 unspecified atom stereocenters. The number of amides is 2. The van der Waals surface area contributed by atoms with Gasteiger partial charge in [0.25, 0.3) is 5.91 Å². The Morgan fingerprint density at radius 2 is 2.00 bits per heavy atom. The summed E-state index contributed by atoms with van der Waals surface area (Å²) in [6.45, 7) is 4.23. The Morgan fingerprint density at radius 1 is 1.23 bits per heavy atom. The molecule has 2 aromatic rings. The number of benzene rings is 1. The zero-order chi connectivity index (χ0) is 18.5. The molecule has 1 N–H and O–H groups in total. The molecule has 136 valence electrons. The Balaban J connectivity index is 1.81. The average molecular weight is 351 g/mol. The van der Waals surface area contributed by atoms with Crippen LogP contribution in [-0.2, 0) is 11.2 Å². The van der Waals surface area contributed by atoms with E-state index in [2.05, 4.69) is 22.4 Å². The second kappa shape index (κ2) is 8.13. The predicted molar refractivity (Wildman–Crippen MR) is 101 cm³/mol. The molecule has 0 spiro atoms. The minimum Gasteiger partial charge on any atom is -0.347 e. The number of nitrogens with zero attached hydrogens (tertiary/aromatic N) is 2. The van der Waals surface area contributed by atoms with Crippen LogP contribution in [0.2, 0.25) is 0 Å². The van der Waals surface area contributed by atoms with Crippen LogP contribution in [0.25, 0.3) is 0 Å². The molecule has 1 aromatic carbocycles. The smallest absolute Gasteiger partial charge is 0.251 e. The van der Waals surface area contributed by atoms with Crippen molar-refractivity contribution in [2.75, 3.05) is 6.54 Å². The number of nitrogens with one attached hydrogen (secondary N) is 1. The lowest BCUT2D eigenvalue weighted by molar-refractivity contribution is -0.133. The summed E-state index contributed by atoms with van der Waals surface area (Å²) >= 11 is 0. The van der Waals surface area contributed by atoms with Crippen LogP contribution < -0.4 is 5.32 Å². The number of rotatable bonds is 4. The molecule has 0 aliphatic carbocycles. The maximum atomic E-state index is 12.8. The van der Waals surface area contributed by atoms with Crippen molar-refractivity contribution in [2.45, 2.75) is 45.2 Å². The van der Waals surface area contributed by atoms with Crippen LogP contribution in [0.3, 0.4) is 0 Å². The highest BCUT2D eigenvalue weighted by molar-refractivity contribution is 5.95. The summed E-state index contributed by atoms with van der Waals surface area (Å²) in [6.07, 6.45) is 5.83. The minimum atomic E-state index is -0.0987. The summed E-state index contributed by atoms with van der Waals surface area (Å²) in [5.74, 6) is -0.0386. The molecular weight excluding hydrogens is 326 g/mol. The van der Waals surface area contributed by atoms with E-state index >= 15 is 0 Å². The number of hydrogen-bond donors (Lipinski definition) is 1. The van der Waals surface area contributed by atoms with Crippen LogP contribution in [-0.4, -0.2) is 40.3 Å².